The molecular formula is C18H18Cl2N4O4. The number of ether oxygens (including phenoxy) is 3. The van der Waals surface area contributed by atoms with Crippen molar-refractivity contribution in [3.8, 4) is 11.5 Å². The molecule has 8 nitrogen and oxygen atoms in total. The maximum atomic E-state index is 11.5. The summed E-state index contributed by atoms with van der Waals surface area (Å²) in [4.78, 5) is 20.0. The van der Waals surface area contributed by atoms with Crippen molar-refractivity contribution in [3.63, 3.8) is 0 Å². The molecule has 0 bridgehead atoms. The Bertz CT molecular complexity index is 1000. The second-order valence-corrected chi connectivity index (χ2v) is 5.79. The number of hydrogen-bond acceptors (Lipinski definition) is 7. The minimum atomic E-state index is -0.613. The van der Waals surface area contributed by atoms with Gasteiger partial charge in [0.05, 0.1) is 37.6 Å². The lowest BCUT2D eigenvalue weighted by Crippen LogP contribution is -2.11. The maximum Gasteiger partial charge on any atom is 0.411 e. The molecule has 0 aliphatic heterocycles. The third kappa shape index (κ3) is 4.47. The number of methoxy groups -OCH3 is 3. The van der Waals surface area contributed by atoms with Gasteiger partial charge in [0.25, 0.3) is 0 Å². The van der Waals surface area contributed by atoms with Crippen LogP contribution in [-0.4, -0.2) is 37.4 Å². The fraction of sp³-hybridized carbons (Fsp3) is 0.167. The third-order valence-corrected chi connectivity index (χ3v) is 4.12. The van der Waals surface area contributed by atoms with Crippen LogP contribution < -0.4 is 20.1 Å². The van der Waals surface area contributed by atoms with Crippen molar-refractivity contribution < 1.29 is 19.0 Å². The van der Waals surface area contributed by atoms with E-state index in [1.807, 2.05) is 0 Å². The highest BCUT2D eigenvalue weighted by molar-refractivity contribution is 6.33. The van der Waals surface area contributed by atoms with E-state index in [9.17, 15) is 4.79 Å². The van der Waals surface area contributed by atoms with Gasteiger partial charge in [0.2, 0.25) is 0 Å². The van der Waals surface area contributed by atoms with E-state index in [0.717, 1.165) is 5.39 Å². The standard InChI is InChI=1S/C18H17ClN4O4.ClH/c1-25-15-7-11-13(8-16(15)26-2)20-9-21-17(11)22-10-4-5-12(19)14(6-10)23-18(24)27-3;/h4-9H,1-3H3,(H,23,24)(H,20,21,22);1H. The number of aromatic nitrogens is 2. The van der Waals surface area contributed by atoms with Crippen molar-refractivity contribution in [2.75, 3.05) is 32.0 Å². The van der Waals surface area contributed by atoms with Crippen LogP contribution in [0.1, 0.15) is 0 Å². The summed E-state index contributed by atoms with van der Waals surface area (Å²) in [6.07, 6.45) is 0.832. The largest absolute Gasteiger partial charge is 0.493 e. The quantitative estimate of drug-likeness (QED) is 0.615. The number of anilines is 3. The number of nitrogens with zero attached hydrogens (tertiary/aromatic N) is 2. The van der Waals surface area contributed by atoms with Gasteiger partial charge in [-0.1, -0.05) is 11.6 Å². The van der Waals surface area contributed by atoms with Crippen LogP contribution in [0.5, 0.6) is 11.5 Å². The minimum Gasteiger partial charge on any atom is -0.493 e. The Morgan fingerprint density at radius 2 is 1.75 bits per heavy atom. The third-order valence-electron chi connectivity index (χ3n) is 3.79. The van der Waals surface area contributed by atoms with Crippen LogP contribution in [-0.2, 0) is 4.74 Å². The van der Waals surface area contributed by atoms with Gasteiger partial charge in [0.15, 0.2) is 11.5 Å². The van der Waals surface area contributed by atoms with Gasteiger partial charge >= 0.3 is 6.09 Å². The first-order valence-electron chi connectivity index (χ1n) is 7.84. The monoisotopic (exact) mass is 424 g/mol. The normalized spacial score (nSPS) is 10.0. The van der Waals surface area contributed by atoms with Gasteiger partial charge in [-0.2, -0.15) is 0 Å². The molecule has 0 fully saturated rings. The van der Waals surface area contributed by atoms with E-state index < -0.39 is 6.09 Å². The number of halogens is 2. The van der Waals surface area contributed by atoms with E-state index in [1.165, 1.54) is 13.4 Å². The van der Waals surface area contributed by atoms with Crippen molar-refractivity contribution in [2.45, 2.75) is 0 Å². The van der Waals surface area contributed by atoms with Crippen LogP contribution in [0.3, 0.4) is 0 Å². The molecule has 0 saturated heterocycles. The van der Waals surface area contributed by atoms with Crippen LogP contribution in [0, 0.1) is 0 Å². The minimum absolute atomic E-state index is 0. The lowest BCUT2D eigenvalue weighted by Gasteiger charge is -2.13. The molecule has 148 valence electrons. The second-order valence-electron chi connectivity index (χ2n) is 5.38. The predicted octanol–water partition coefficient (Wildman–Crippen LogP) is 4.64. The first-order chi connectivity index (χ1) is 13.0. The number of amides is 1. The van der Waals surface area contributed by atoms with E-state index >= 15 is 0 Å². The van der Waals surface area contributed by atoms with E-state index in [1.54, 1.807) is 44.6 Å². The Kier molecular flexibility index (Phi) is 7.08. The molecule has 2 N–H and O–H groups in total. The van der Waals surface area contributed by atoms with Crippen LogP contribution in [0.4, 0.5) is 22.0 Å². The molecule has 1 aromatic heterocycles. The molecular weight excluding hydrogens is 407 g/mol. The molecule has 1 amide bonds. The summed E-state index contributed by atoms with van der Waals surface area (Å²) in [6.45, 7) is 0. The topological polar surface area (TPSA) is 94.6 Å². The molecule has 1 heterocycles. The lowest BCUT2D eigenvalue weighted by atomic mass is 10.2. The molecule has 28 heavy (non-hydrogen) atoms. The average Bonchev–Trinajstić information content (AvgIpc) is 2.69. The molecule has 3 aromatic rings. The molecule has 3 rings (SSSR count). The molecule has 0 atom stereocenters. The highest BCUT2D eigenvalue weighted by atomic mass is 35.5. The molecule has 0 aliphatic rings. The summed E-state index contributed by atoms with van der Waals surface area (Å²) in [5.41, 5.74) is 1.76. The molecule has 0 spiro atoms. The summed E-state index contributed by atoms with van der Waals surface area (Å²) in [5, 5.41) is 6.87. The summed E-state index contributed by atoms with van der Waals surface area (Å²) in [5.74, 6) is 1.70. The number of hydrogen-bond donors (Lipinski definition) is 2. The van der Waals surface area contributed by atoms with E-state index in [-0.39, 0.29) is 12.4 Å². The van der Waals surface area contributed by atoms with Gasteiger partial charge in [0, 0.05) is 17.1 Å². The van der Waals surface area contributed by atoms with E-state index in [2.05, 4.69) is 25.3 Å². The molecule has 0 radical (unpaired) electrons. The van der Waals surface area contributed by atoms with Crippen LogP contribution in [0.15, 0.2) is 36.7 Å². The highest BCUT2D eigenvalue weighted by Crippen LogP contribution is 2.35. The van der Waals surface area contributed by atoms with Crippen molar-refractivity contribution in [2.24, 2.45) is 0 Å². The Balaban J connectivity index is 0.00000280. The van der Waals surface area contributed by atoms with Gasteiger partial charge in [-0.15, -0.1) is 12.4 Å². The second kappa shape index (κ2) is 9.29. The zero-order chi connectivity index (χ0) is 19.4. The fourth-order valence-electron chi connectivity index (χ4n) is 2.48. The Morgan fingerprint density at radius 1 is 1.04 bits per heavy atom. The zero-order valence-electron chi connectivity index (χ0n) is 15.3. The smallest absolute Gasteiger partial charge is 0.411 e. The molecule has 0 saturated carbocycles. The molecule has 2 aromatic carbocycles. The summed E-state index contributed by atoms with van der Waals surface area (Å²) >= 11 is 6.11. The van der Waals surface area contributed by atoms with Crippen LogP contribution in [0.25, 0.3) is 10.9 Å². The zero-order valence-corrected chi connectivity index (χ0v) is 16.9. The summed E-state index contributed by atoms with van der Waals surface area (Å²) < 4.78 is 15.3. The van der Waals surface area contributed by atoms with Crippen LogP contribution in [0.2, 0.25) is 5.02 Å². The van der Waals surface area contributed by atoms with Gasteiger partial charge in [-0.25, -0.2) is 14.8 Å². The number of carbonyl (C=O) groups excluding carboxylic acids is 1. The van der Waals surface area contributed by atoms with Gasteiger partial charge < -0.3 is 19.5 Å². The number of rotatable bonds is 5. The first-order valence-corrected chi connectivity index (χ1v) is 8.21. The highest BCUT2D eigenvalue weighted by Gasteiger charge is 2.12. The van der Waals surface area contributed by atoms with E-state index in [4.69, 9.17) is 21.1 Å². The maximum absolute atomic E-state index is 11.5. The van der Waals surface area contributed by atoms with E-state index in [0.29, 0.717) is 39.2 Å². The van der Waals surface area contributed by atoms with Crippen LogP contribution >= 0.6 is 24.0 Å². The number of benzene rings is 2. The van der Waals surface area contributed by atoms with Crippen molar-refractivity contribution in [3.05, 3.63) is 41.7 Å². The Morgan fingerprint density at radius 3 is 2.43 bits per heavy atom. The average molecular weight is 425 g/mol. The Hall–Kier alpha value is -2.97. The van der Waals surface area contributed by atoms with Gasteiger partial charge in [0.1, 0.15) is 12.1 Å². The van der Waals surface area contributed by atoms with Crippen molar-refractivity contribution in [1.82, 2.24) is 9.97 Å². The SMILES string of the molecule is COC(=O)Nc1cc(Nc2ncnc3cc(OC)c(OC)cc23)ccc1Cl.Cl. The number of carbonyl (C=O) groups is 1. The fourth-order valence-corrected chi connectivity index (χ4v) is 2.64. The lowest BCUT2D eigenvalue weighted by molar-refractivity contribution is 0.187. The summed E-state index contributed by atoms with van der Waals surface area (Å²) in [6, 6.07) is 8.66. The summed E-state index contributed by atoms with van der Waals surface area (Å²) in [7, 11) is 4.40. The molecule has 0 unspecified atom stereocenters. The first kappa shape index (κ1) is 21.3. The van der Waals surface area contributed by atoms with Crippen molar-refractivity contribution in [1.29, 1.82) is 0 Å². The number of nitrogens with one attached hydrogen (secondary N) is 2. The number of fused-ring (bicyclic) bond motifs is 1. The van der Waals surface area contributed by atoms with Gasteiger partial charge in [-0.3, -0.25) is 5.32 Å². The molecule has 10 heteroatoms. The van der Waals surface area contributed by atoms with Gasteiger partial charge in [-0.05, 0) is 24.3 Å². The molecule has 0 aliphatic carbocycles. The van der Waals surface area contributed by atoms with Crippen molar-refractivity contribution >= 4 is 58.2 Å². The Labute approximate surface area is 172 Å². The predicted molar refractivity (Wildman–Crippen MR) is 111 cm³/mol.